The summed E-state index contributed by atoms with van der Waals surface area (Å²) in [5.41, 5.74) is 0. The normalized spacial score (nSPS) is 19.0. The average Bonchev–Trinajstić information content (AvgIpc) is 3.25. The van der Waals surface area contributed by atoms with Crippen LogP contribution >= 0.6 is 11.3 Å². The number of carbonyl (C=O) groups excluding carboxylic acids is 1. The minimum absolute atomic E-state index is 0.0883. The average molecular weight is 355 g/mol. The van der Waals surface area contributed by atoms with E-state index in [-0.39, 0.29) is 17.6 Å². The van der Waals surface area contributed by atoms with Crippen molar-refractivity contribution in [2.75, 3.05) is 19.6 Å². The zero-order chi connectivity index (χ0) is 16.3. The first-order valence-electron chi connectivity index (χ1n) is 7.27. The Balaban J connectivity index is 1.58. The fourth-order valence-electron chi connectivity index (χ4n) is 2.61. The molecule has 0 bridgehead atoms. The summed E-state index contributed by atoms with van der Waals surface area (Å²) in [7, 11) is -3.46. The Bertz CT molecular complexity index is 741. The van der Waals surface area contributed by atoms with Gasteiger partial charge in [-0.3, -0.25) is 4.79 Å². The molecule has 1 aliphatic heterocycles. The van der Waals surface area contributed by atoms with Gasteiger partial charge < -0.3 is 9.32 Å². The van der Waals surface area contributed by atoms with E-state index in [1.807, 2.05) is 0 Å². The van der Waals surface area contributed by atoms with Crippen LogP contribution in [0, 0.1) is 5.92 Å². The zero-order valence-electron chi connectivity index (χ0n) is 12.3. The molecule has 0 radical (unpaired) electrons. The number of amides is 1. The second kappa shape index (κ2) is 6.81. The molecule has 1 fully saturated rings. The predicted molar refractivity (Wildman–Crippen MR) is 84.6 cm³/mol. The van der Waals surface area contributed by atoms with Crippen LogP contribution in [-0.4, -0.2) is 43.8 Å². The van der Waals surface area contributed by atoms with E-state index in [4.69, 9.17) is 4.42 Å². The lowest BCUT2D eigenvalue weighted by atomic mass is 9.98. The van der Waals surface area contributed by atoms with Crippen molar-refractivity contribution in [3.63, 3.8) is 0 Å². The molecule has 2 aromatic rings. The highest BCUT2D eigenvalue weighted by atomic mass is 32.2. The molecule has 23 heavy (non-hydrogen) atoms. The van der Waals surface area contributed by atoms with E-state index in [9.17, 15) is 13.2 Å². The molecule has 3 heterocycles. The van der Waals surface area contributed by atoms with E-state index in [0.29, 0.717) is 23.8 Å². The van der Waals surface area contributed by atoms with Gasteiger partial charge in [0.25, 0.3) is 5.91 Å². The lowest BCUT2D eigenvalue weighted by Gasteiger charge is -2.32. The van der Waals surface area contributed by atoms with Gasteiger partial charge in [0.2, 0.25) is 15.8 Å². The first kappa shape index (κ1) is 16.2. The molecule has 0 saturated carbocycles. The number of hydrogen-bond acceptors (Lipinski definition) is 6. The number of likely N-dealkylation sites (tertiary alicyclic amines) is 1. The van der Waals surface area contributed by atoms with Gasteiger partial charge in [0.1, 0.15) is 4.21 Å². The summed E-state index contributed by atoms with van der Waals surface area (Å²) in [4.78, 5) is 17.7. The van der Waals surface area contributed by atoms with Gasteiger partial charge in [0.15, 0.2) is 6.39 Å². The topological polar surface area (TPSA) is 92.5 Å². The van der Waals surface area contributed by atoms with Gasteiger partial charge in [-0.05, 0) is 30.2 Å². The highest BCUT2D eigenvalue weighted by molar-refractivity contribution is 7.91. The summed E-state index contributed by atoms with van der Waals surface area (Å²) in [6.07, 6.45) is 4.34. The van der Waals surface area contributed by atoms with E-state index < -0.39 is 10.0 Å². The van der Waals surface area contributed by atoms with Crippen LogP contribution in [-0.2, 0) is 10.0 Å². The Morgan fingerprint density at radius 3 is 3.09 bits per heavy atom. The van der Waals surface area contributed by atoms with Gasteiger partial charge in [0, 0.05) is 19.6 Å². The van der Waals surface area contributed by atoms with Crippen molar-refractivity contribution in [3.05, 3.63) is 35.9 Å². The number of aromatic nitrogens is 1. The standard InChI is InChI=1S/C14H17N3O4S2/c18-14(12-8-15-10-21-12)17-5-1-3-11(9-17)7-16-23(19,20)13-4-2-6-22-13/h2,4,6,8,10-11,16H,1,3,5,7,9H2/t11-/m0/s1. The van der Waals surface area contributed by atoms with Crippen molar-refractivity contribution in [3.8, 4) is 0 Å². The number of carbonyl (C=O) groups is 1. The Labute approximate surface area is 138 Å². The SMILES string of the molecule is O=C(c1cnco1)N1CCC[C@@H](CNS(=O)(=O)c2cccs2)C1. The number of piperidine rings is 1. The van der Waals surface area contributed by atoms with Crippen LogP contribution in [0.5, 0.6) is 0 Å². The second-order valence-corrected chi connectivity index (χ2v) is 8.35. The molecule has 7 nitrogen and oxygen atoms in total. The first-order chi connectivity index (χ1) is 11.1. The van der Waals surface area contributed by atoms with Crippen LogP contribution < -0.4 is 4.72 Å². The van der Waals surface area contributed by atoms with Crippen molar-refractivity contribution in [2.45, 2.75) is 17.1 Å². The Morgan fingerprint density at radius 2 is 2.39 bits per heavy atom. The van der Waals surface area contributed by atoms with Crippen LogP contribution in [0.3, 0.4) is 0 Å². The van der Waals surface area contributed by atoms with Gasteiger partial charge >= 0.3 is 0 Å². The van der Waals surface area contributed by atoms with Crippen LogP contribution in [0.15, 0.2) is 38.7 Å². The summed E-state index contributed by atoms with van der Waals surface area (Å²) in [5.74, 6) is 0.100. The maximum Gasteiger partial charge on any atom is 0.291 e. The molecule has 2 aromatic heterocycles. The third kappa shape index (κ3) is 3.80. The summed E-state index contributed by atoms with van der Waals surface area (Å²) in [5, 5.41) is 1.73. The van der Waals surface area contributed by atoms with Crippen molar-refractivity contribution in [2.24, 2.45) is 5.92 Å². The molecule has 1 saturated heterocycles. The Morgan fingerprint density at radius 1 is 1.52 bits per heavy atom. The molecule has 0 spiro atoms. The fraction of sp³-hybridized carbons (Fsp3) is 0.429. The molecule has 0 aromatic carbocycles. The smallest absolute Gasteiger partial charge is 0.291 e. The van der Waals surface area contributed by atoms with Crippen LogP contribution in [0.1, 0.15) is 23.4 Å². The van der Waals surface area contributed by atoms with Crippen molar-refractivity contribution in [1.29, 1.82) is 0 Å². The van der Waals surface area contributed by atoms with Gasteiger partial charge in [-0.1, -0.05) is 6.07 Å². The summed E-state index contributed by atoms with van der Waals surface area (Å²) in [6.45, 7) is 1.47. The second-order valence-electron chi connectivity index (χ2n) is 5.41. The highest BCUT2D eigenvalue weighted by Gasteiger charge is 2.27. The molecule has 1 atom stereocenters. The van der Waals surface area contributed by atoms with E-state index in [2.05, 4.69) is 9.71 Å². The molecular formula is C14H17N3O4S2. The first-order valence-corrected chi connectivity index (χ1v) is 9.63. The number of sulfonamides is 1. The maximum atomic E-state index is 12.2. The number of nitrogens with one attached hydrogen (secondary N) is 1. The molecule has 1 N–H and O–H groups in total. The Hall–Kier alpha value is -1.71. The van der Waals surface area contributed by atoms with Gasteiger partial charge in [-0.2, -0.15) is 0 Å². The number of oxazole rings is 1. The number of rotatable bonds is 5. The van der Waals surface area contributed by atoms with Crippen LogP contribution in [0.25, 0.3) is 0 Å². The summed E-state index contributed by atoms with van der Waals surface area (Å²) in [6, 6.07) is 3.28. The maximum absolute atomic E-state index is 12.2. The largest absolute Gasteiger partial charge is 0.438 e. The van der Waals surface area contributed by atoms with Crippen molar-refractivity contribution < 1.29 is 17.6 Å². The lowest BCUT2D eigenvalue weighted by molar-refractivity contribution is 0.0644. The predicted octanol–water partition coefficient (Wildman–Crippen LogP) is 1.57. The van der Waals surface area contributed by atoms with Gasteiger partial charge in [-0.15, -0.1) is 11.3 Å². The minimum atomic E-state index is -3.46. The molecular weight excluding hydrogens is 338 g/mol. The van der Waals surface area contributed by atoms with Gasteiger partial charge in [-0.25, -0.2) is 18.1 Å². The summed E-state index contributed by atoms with van der Waals surface area (Å²) < 4.78 is 32.2. The molecule has 3 rings (SSSR count). The highest BCUT2D eigenvalue weighted by Crippen LogP contribution is 2.20. The van der Waals surface area contributed by atoms with Crippen LogP contribution in [0.4, 0.5) is 0 Å². The molecule has 0 unspecified atom stereocenters. The van der Waals surface area contributed by atoms with E-state index in [0.717, 1.165) is 12.8 Å². The molecule has 9 heteroatoms. The quantitative estimate of drug-likeness (QED) is 0.879. The van der Waals surface area contributed by atoms with E-state index in [1.165, 1.54) is 23.9 Å². The molecule has 1 amide bonds. The number of thiophene rings is 1. The molecule has 1 aliphatic rings. The zero-order valence-corrected chi connectivity index (χ0v) is 14.0. The lowest BCUT2D eigenvalue weighted by Crippen LogP contribution is -2.43. The molecule has 0 aliphatic carbocycles. The monoisotopic (exact) mass is 355 g/mol. The van der Waals surface area contributed by atoms with E-state index in [1.54, 1.807) is 22.4 Å². The third-order valence-electron chi connectivity index (χ3n) is 3.77. The summed E-state index contributed by atoms with van der Waals surface area (Å²) >= 11 is 1.19. The van der Waals surface area contributed by atoms with Crippen LogP contribution in [0.2, 0.25) is 0 Å². The number of hydrogen-bond donors (Lipinski definition) is 1. The Kier molecular flexibility index (Phi) is 4.79. The minimum Gasteiger partial charge on any atom is -0.438 e. The van der Waals surface area contributed by atoms with Gasteiger partial charge in [0.05, 0.1) is 6.20 Å². The van der Waals surface area contributed by atoms with E-state index >= 15 is 0 Å². The molecule has 124 valence electrons. The van der Waals surface area contributed by atoms with Crippen molar-refractivity contribution in [1.82, 2.24) is 14.6 Å². The van der Waals surface area contributed by atoms with Crippen molar-refractivity contribution >= 4 is 27.3 Å². The fourth-order valence-corrected chi connectivity index (χ4v) is 4.76. The number of nitrogens with zero attached hydrogens (tertiary/aromatic N) is 2. The third-order valence-corrected chi connectivity index (χ3v) is 6.59.